The van der Waals surface area contributed by atoms with Crippen molar-refractivity contribution in [2.45, 2.75) is 17.7 Å². The highest BCUT2D eigenvalue weighted by Gasteiger charge is 2.20. The zero-order valence-corrected chi connectivity index (χ0v) is 12.5. The molecule has 10 nitrogen and oxygen atoms in total. The van der Waals surface area contributed by atoms with E-state index in [1.807, 2.05) is 0 Å². The molecule has 21 heavy (non-hydrogen) atoms. The van der Waals surface area contributed by atoms with Crippen molar-refractivity contribution in [3.63, 3.8) is 0 Å². The summed E-state index contributed by atoms with van der Waals surface area (Å²) in [5.41, 5.74) is 6.61. The maximum atomic E-state index is 12.0. The second-order valence-electron chi connectivity index (χ2n) is 4.31. The molecule has 0 fully saturated rings. The van der Waals surface area contributed by atoms with Gasteiger partial charge in [-0.2, -0.15) is 0 Å². The molecule has 0 bridgehead atoms. The highest BCUT2D eigenvalue weighted by molar-refractivity contribution is 7.89. The van der Waals surface area contributed by atoms with E-state index in [0.29, 0.717) is 12.8 Å². The molecular formula is C10H16N6O4S. The van der Waals surface area contributed by atoms with Gasteiger partial charge < -0.3 is 4.57 Å². The normalized spacial score (nSPS) is 11.1. The van der Waals surface area contributed by atoms with Crippen molar-refractivity contribution in [2.24, 2.45) is 19.2 Å². The van der Waals surface area contributed by atoms with Crippen molar-refractivity contribution in [3.05, 3.63) is 37.5 Å². The van der Waals surface area contributed by atoms with Gasteiger partial charge in [0.15, 0.2) is 4.90 Å². The first-order valence-electron chi connectivity index (χ1n) is 6.08. The van der Waals surface area contributed by atoms with Crippen LogP contribution in [0.15, 0.2) is 25.8 Å². The summed E-state index contributed by atoms with van der Waals surface area (Å²) in [5, 5.41) is 3.32. The largest absolute Gasteiger partial charge is 0.330 e. The summed E-state index contributed by atoms with van der Waals surface area (Å²) in [6.07, 6.45) is 1.98. The molecule has 0 amide bonds. The van der Waals surface area contributed by atoms with Crippen LogP contribution in [0.2, 0.25) is 0 Å². The molecule has 0 aliphatic rings. The third-order valence-corrected chi connectivity index (χ3v) is 4.19. The van der Waals surface area contributed by atoms with E-state index in [1.54, 1.807) is 0 Å². The van der Waals surface area contributed by atoms with Crippen LogP contribution in [0.4, 0.5) is 0 Å². The summed E-state index contributed by atoms with van der Waals surface area (Å²) in [6.45, 7) is 0.384. The Kier molecular flexibility index (Phi) is 5.70. The van der Waals surface area contributed by atoms with Gasteiger partial charge in [-0.25, -0.2) is 17.9 Å². The van der Waals surface area contributed by atoms with Crippen molar-refractivity contribution in [1.82, 2.24) is 13.9 Å². The molecule has 0 aromatic carbocycles. The van der Waals surface area contributed by atoms with E-state index >= 15 is 0 Å². The Balaban J connectivity index is 2.87. The molecule has 0 unspecified atom stereocenters. The van der Waals surface area contributed by atoms with Crippen LogP contribution in [-0.2, 0) is 24.1 Å². The average Bonchev–Trinajstić information content (AvgIpc) is 2.44. The second kappa shape index (κ2) is 7.07. The molecule has 1 N–H and O–H groups in total. The minimum Gasteiger partial charge on any atom is -0.302 e. The Morgan fingerprint density at radius 3 is 2.62 bits per heavy atom. The summed E-state index contributed by atoms with van der Waals surface area (Å²) in [6, 6.07) is 0. The summed E-state index contributed by atoms with van der Waals surface area (Å²) < 4.78 is 28.1. The molecule has 0 aliphatic heterocycles. The van der Waals surface area contributed by atoms with Crippen LogP contribution in [0, 0.1) is 0 Å². The van der Waals surface area contributed by atoms with Gasteiger partial charge in [-0.3, -0.25) is 9.36 Å². The van der Waals surface area contributed by atoms with Crippen molar-refractivity contribution >= 4 is 10.0 Å². The van der Waals surface area contributed by atoms with Crippen LogP contribution in [0.3, 0.4) is 0 Å². The molecular weight excluding hydrogens is 300 g/mol. The van der Waals surface area contributed by atoms with Gasteiger partial charge in [-0.05, 0) is 18.4 Å². The van der Waals surface area contributed by atoms with Gasteiger partial charge in [-0.15, -0.1) is 0 Å². The minimum atomic E-state index is -3.99. The highest BCUT2D eigenvalue weighted by atomic mass is 32.2. The number of azide groups is 1. The Morgan fingerprint density at radius 1 is 1.33 bits per heavy atom. The summed E-state index contributed by atoms with van der Waals surface area (Å²) in [5.74, 6) is 0. The number of nitrogens with one attached hydrogen (secondary N) is 1. The predicted octanol–water partition coefficient (Wildman–Crippen LogP) is -0.547. The molecule has 1 rings (SSSR count). The number of unbranched alkanes of at least 4 members (excludes halogenated alkanes) is 1. The lowest BCUT2D eigenvalue weighted by Crippen LogP contribution is -2.41. The quantitative estimate of drug-likeness (QED) is 0.312. The molecule has 0 aliphatic carbocycles. The minimum absolute atomic E-state index is 0.106. The number of aryl methyl sites for hydroxylation is 1. The van der Waals surface area contributed by atoms with Gasteiger partial charge in [-0.1, -0.05) is 5.11 Å². The Labute approximate surface area is 120 Å². The number of aromatic nitrogens is 2. The van der Waals surface area contributed by atoms with Crippen LogP contribution in [0.5, 0.6) is 0 Å². The molecule has 11 heteroatoms. The molecule has 0 atom stereocenters. The maximum Gasteiger partial charge on any atom is 0.330 e. The van der Waals surface area contributed by atoms with Gasteiger partial charge in [0.2, 0.25) is 10.0 Å². The van der Waals surface area contributed by atoms with Crippen LogP contribution >= 0.6 is 0 Å². The Morgan fingerprint density at radius 2 is 2.00 bits per heavy atom. The maximum absolute atomic E-state index is 12.0. The monoisotopic (exact) mass is 316 g/mol. The van der Waals surface area contributed by atoms with Crippen molar-refractivity contribution < 1.29 is 8.42 Å². The Bertz CT molecular complexity index is 772. The summed E-state index contributed by atoms with van der Waals surface area (Å²) >= 11 is 0. The first-order chi connectivity index (χ1) is 9.81. The number of nitrogens with zero attached hydrogens (tertiary/aromatic N) is 5. The second-order valence-corrected chi connectivity index (χ2v) is 6.05. The number of hydrogen-bond donors (Lipinski definition) is 1. The van der Waals surface area contributed by atoms with Gasteiger partial charge in [0.1, 0.15) is 0 Å². The average molecular weight is 316 g/mol. The standard InChI is InChI=1S/C10H16N6O4S/c1-15-7-8(9(17)16(2)10(15)18)21(19,20)13-6-4-3-5-12-14-11/h7,13H,3-6H2,1-2H3. The van der Waals surface area contributed by atoms with E-state index in [1.165, 1.54) is 14.1 Å². The fourth-order valence-corrected chi connectivity index (χ4v) is 2.83. The van der Waals surface area contributed by atoms with E-state index < -0.39 is 26.2 Å². The lowest BCUT2D eigenvalue weighted by Gasteiger charge is -2.08. The van der Waals surface area contributed by atoms with E-state index in [4.69, 9.17) is 5.53 Å². The molecule has 1 aromatic heterocycles. The number of sulfonamides is 1. The van der Waals surface area contributed by atoms with Gasteiger partial charge in [0.05, 0.1) is 0 Å². The highest BCUT2D eigenvalue weighted by Crippen LogP contribution is 2.00. The molecule has 0 saturated carbocycles. The SMILES string of the molecule is Cn1cc(S(=O)(=O)NCCCCN=[N+]=[N-])c(=O)n(C)c1=O. The van der Waals surface area contributed by atoms with E-state index in [2.05, 4.69) is 14.7 Å². The van der Waals surface area contributed by atoms with Crippen LogP contribution in [0.1, 0.15) is 12.8 Å². The molecule has 1 aromatic rings. The van der Waals surface area contributed by atoms with Crippen LogP contribution in [0.25, 0.3) is 10.4 Å². The van der Waals surface area contributed by atoms with Crippen molar-refractivity contribution in [3.8, 4) is 0 Å². The number of rotatable bonds is 7. The molecule has 0 spiro atoms. The predicted molar refractivity (Wildman–Crippen MR) is 75.4 cm³/mol. The van der Waals surface area contributed by atoms with Crippen molar-refractivity contribution in [1.29, 1.82) is 0 Å². The third-order valence-electron chi connectivity index (χ3n) is 2.74. The van der Waals surface area contributed by atoms with Crippen molar-refractivity contribution in [2.75, 3.05) is 13.1 Å². The summed E-state index contributed by atoms with van der Waals surface area (Å²) in [4.78, 5) is 25.4. The zero-order chi connectivity index (χ0) is 16.0. The molecule has 0 saturated heterocycles. The third kappa shape index (κ3) is 4.18. The van der Waals surface area contributed by atoms with Crippen LogP contribution < -0.4 is 16.0 Å². The van der Waals surface area contributed by atoms with Crippen LogP contribution in [-0.4, -0.2) is 30.6 Å². The summed E-state index contributed by atoms with van der Waals surface area (Å²) in [7, 11) is -1.42. The van der Waals surface area contributed by atoms with Gasteiger partial charge in [0.25, 0.3) is 5.56 Å². The van der Waals surface area contributed by atoms with E-state index in [0.717, 1.165) is 15.3 Å². The van der Waals surface area contributed by atoms with Gasteiger partial charge in [0, 0.05) is 38.3 Å². The van der Waals surface area contributed by atoms with Gasteiger partial charge >= 0.3 is 5.69 Å². The molecule has 116 valence electrons. The number of hydrogen-bond acceptors (Lipinski definition) is 5. The lowest BCUT2D eigenvalue weighted by atomic mass is 10.3. The fourth-order valence-electron chi connectivity index (χ4n) is 1.60. The fraction of sp³-hybridized carbons (Fsp3) is 0.600. The lowest BCUT2D eigenvalue weighted by molar-refractivity contribution is 0.567. The zero-order valence-electron chi connectivity index (χ0n) is 11.7. The van der Waals surface area contributed by atoms with E-state index in [9.17, 15) is 18.0 Å². The first kappa shape index (κ1) is 17.0. The smallest absolute Gasteiger partial charge is 0.302 e. The molecule has 1 heterocycles. The Hall–Kier alpha value is -2.10. The topological polar surface area (TPSA) is 139 Å². The first-order valence-corrected chi connectivity index (χ1v) is 7.56. The van der Waals surface area contributed by atoms with E-state index in [-0.39, 0.29) is 13.1 Å². The molecule has 0 radical (unpaired) electrons.